The summed E-state index contributed by atoms with van der Waals surface area (Å²) in [6.07, 6.45) is -1.09. The molecule has 0 aromatic heterocycles. The lowest BCUT2D eigenvalue weighted by molar-refractivity contribution is -0.0922. The average molecular weight is 212 g/mol. The summed E-state index contributed by atoms with van der Waals surface area (Å²) >= 11 is 0. The number of hydrogen-bond donors (Lipinski definition) is 3. The summed E-state index contributed by atoms with van der Waals surface area (Å²) in [6, 6.07) is 0. The smallest absolute Gasteiger partial charge is 0.203 e. The quantitative estimate of drug-likeness (QED) is 0.645. The zero-order valence-electron chi connectivity index (χ0n) is 8.44. The second-order valence-corrected chi connectivity index (χ2v) is 3.41. The van der Waals surface area contributed by atoms with Crippen molar-refractivity contribution >= 4 is 0 Å². The molecule has 1 aromatic carbocycles. The number of ether oxygens (including phenoxy) is 2. The molecule has 0 aliphatic carbocycles. The minimum absolute atomic E-state index is 0.0175. The van der Waals surface area contributed by atoms with E-state index in [1.165, 1.54) is 7.11 Å². The summed E-state index contributed by atoms with van der Waals surface area (Å²) in [5.41, 5.74) is 1.35. The van der Waals surface area contributed by atoms with Gasteiger partial charge in [0.2, 0.25) is 5.75 Å². The van der Waals surface area contributed by atoms with Crippen LogP contribution in [-0.2, 0) is 11.3 Å². The molecule has 1 aromatic rings. The highest BCUT2D eigenvalue weighted by Gasteiger charge is 2.31. The molecule has 5 nitrogen and oxygen atoms in total. The Balaban J connectivity index is 2.74. The van der Waals surface area contributed by atoms with E-state index in [0.717, 1.165) is 0 Å². The molecule has 1 heterocycles. The molecule has 1 unspecified atom stereocenters. The molecule has 0 amide bonds. The fourth-order valence-electron chi connectivity index (χ4n) is 1.82. The minimum atomic E-state index is -1.09. The summed E-state index contributed by atoms with van der Waals surface area (Å²) in [5.74, 6) is -0.325. The Labute approximate surface area is 86.5 Å². The molecule has 0 radical (unpaired) electrons. The van der Waals surface area contributed by atoms with Crippen molar-refractivity contribution in [3.8, 4) is 17.2 Å². The van der Waals surface area contributed by atoms with E-state index in [-0.39, 0.29) is 23.9 Å². The fourth-order valence-corrected chi connectivity index (χ4v) is 1.82. The number of rotatable bonds is 1. The van der Waals surface area contributed by atoms with Gasteiger partial charge in [0.25, 0.3) is 0 Å². The average Bonchev–Trinajstić information content (AvgIpc) is 2.58. The maximum absolute atomic E-state index is 9.76. The monoisotopic (exact) mass is 212 g/mol. The number of aliphatic hydroxyl groups excluding tert-OH is 1. The van der Waals surface area contributed by atoms with Crippen LogP contribution in [0.3, 0.4) is 0 Å². The number of benzene rings is 1. The van der Waals surface area contributed by atoms with E-state index in [1.807, 2.05) is 0 Å². The van der Waals surface area contributed by atoms with Gasteiger partial charge in [-0.3, -0.25) is 0 Å². The highest BCUT2D eigenvalue weighted by atomic mass is 16.6. The Hall–Kier alpha value is -1.46. The standard InChI is InChI=1S/C10H12O5/c1-4-6-5(3-15-10(6)13)8(12)9(14-2)7(4)11/h10-13H,3H2,1-2H3. The minimum Gasteiger partial charge on any atom is -0.504 e. The molecular weight excluding hydrogens is 200 g/mol. The Morgan fingerprint density at radius 2 is 2.00 bits per heavy atom. The first-order chi connectivity index (χ1) is 7.07. The van der Waals surface area contributed by atoms with Gasteiger partial charge in [-0.1, -0.05) is 0 Å². The third-order valence-corrected chi connectivity index (χ3v) is 2.64. The van der Waals surface area contributed by atoms with E-state index >= 15 is 0 Å². The number of methoxy groups -OCH3 is 1. The van der Waals surface area contributed by atoms with Crippen molar-refractivity contribution < 1.29 is 24.8 Å². The topological polar surface area (TPSA) is 79.2 Å². The van der Waals surface area contributed by atoms with Crippen molar-refractivity contribution in [1.29, 1.82) is 0 Å². The lowest BCUT2D eigenvalue weighted by Gasteiger charge is -2.14. The van der Waals surface area contributed by atoms with Crippen LogP contribution in [0.25, 0.3) is 0 Å². The van der Waals surface area contributed by atoms with Crippen LogP contribution in [0.1, 0.15) is 23.0 Å². The second kappa shape index (κ2) is 3.29. The SMILES string of the molecule is COc1c(O)c(C)c2c(c1O)COC2O. The van der Waals surface area contributed by atoms with E-state index < -0.39 is 6.29 Å². The molecule has 0 saturated carbocycles. The molecule has 1 atom stereocenters. The van der Waals surface area contributed by atoms with Crippen molar-refractivity contribution in [2.75, 3.05) is 7.11 Å². The summed E-state index contributed by atoms with van der Waals surface area (Å²) in [6.45, 7) is 1.74. The lowest BCUT2D eigenvalue weighted by atomic mass is 10.0. The molecule has 2 rings (SSSR count). The van der Waals surface area contributed by atoms with Gasteiger partial charge in [0.05, 0.1) is 13.7 Å². The number of phenolic OH excluding ortho intramolecular Hbond substituents is 2. The Kier molecular flexibility index (Phi) is 2.21. The van der Waals surface area contributed by atoms with Crippen LogP contribution in [0, 0.1) is 6.92 Å². The highest BCUT2D eigenvalue weighted by molar-refractivity contribution is 5.63. The lowest BCUT2D eigenvalue weighted by Crippen LogP contribution is -1.98. The largest absolute Gasteiger partial charge is 0.504 e. The van der Waals surface area contributed by atoms with Crippen molar-refractivity contribution in [3.63, 3.8) is 0 Å². The fraction of sp³-hybridized carbons (Fsp3) is 0.400. The maximum atomic E-state index is 9.76. The number of fused-ring (bicyclic) bond motifs is 1. The van der Waals surface area contributed by atoms with E-state index in [2.05, 4.69) is 0 Å². The number of aliphatic hydroxyl groups is 1. The molecule has 0 saturated heterocycles. The third kappa shape index (κ3) is 1.24. The van der Waals surface area contributed by atoms with Crippen LogP contribution in [0.4, 0.5) is 0 Å². The predicted molar refractivity (Wildman–Crippen MR) is 50.8 cm³/mol. The van der Waals surface area contributed by atoms with Crippen LogP contribution in [0.15, 0.2) is 0 Å². The van der Waals surface area contributed by atoms with Gasteiger partial charge in [-0.15, -0.1) is 0 Å². The van der Waals surface area contributed by atoms with E-state index in [0.29, 0.717) is 16.7 Å². The van der Waals surface area contributed by atoms with E-state index in [1.54, 1.807) is 6.92 Å². The van der Waals surface area contributed by atoms with Gasteiger partial charge in [-0.2, -0.15) is 0 Å². The molecule has 0 spiro atoms. The number of aromatic hydroxyl groups is 2. The Bertz CT molecular complexity index is 413. The Morgan fingerprint density at radius 1 is 1.33 bits per heavy atom. The van der Waals surface area contributed by atoms with Gasteiger partial charge in [0.15, 0.2) is 17.8 Å². The molecule has 1 aliphatic heterocycles. The number of phenols is 2. The highest BCUT2D eigenvalue weighted by Crippen LogP contribution is 2.48. The molecule has 15 heavy (non-hydrogen) atoms. The van der Waals surface area contributed by atoms with Crippen molar-refractivity contribution in [1.82, 2.24) is 0 Å². The summed E-state index contributed by atoms with van der Waals surface area (Å²) in [5, 5.41) is 29.0. The van der Waals surface area contributed by atoms with Gasteiger partial charge in [-0.25, -0.2) is 0 Å². The maximum Gasteiger partial charge on any atom is 0.203 e. The van der Waals surface area contributed by atoms with Crippen LogP contribution >= 0.6 is 0 Å². The first-order valence-electron chi connectivity index (χ1n) is 4.48. The van der Waals surface area contributed by atoms with Gasteiger partial charge >= 0.3 is 0 Å². The summed E-state index contributed by atoms with van der Waals surface area (Å²) in [7, 11) is 1.35. The van der Waals surface area contributed by atoms with Crippen LogP contribution in [0.2, 0.25) is 0 Å². The first kappa shape index (κ1) is 10.1. The van der Waals surface area contributed by atoms with Gasteiger partial charge < -0.3 is 24.8 Å². The molecule has 5 heteroatoms. The first-order valence-corrected chi connectivity index (χ1v) is 4.48. The van der Waals surface area contributed by atoms with E-state index in [4.69, 9.17) is 9.47 Å². The normalized spacial score (nSPS) is 19.0. The van der Waals surface area contributed by atoms with Gasteiger partial charge in [-0.05, 0) is 6.92 Å². The molecule has 3 N–H and O–H groups in total. The van der Waals surface area contributed by atoms with Crippen LogP contribution < -0.4 is 4.74 Å². The molecule has 82 valence electrons. The van der Waals surface area contributed by atoms with Crippen molar-refractivity contribution in [2.24, 2.45) is 0 Å². The van der Waals surface area contributed by atoms with Crippen molar-refractivity contribution in [3.05, 3.63) is 16.7 Å². The summed E-state index contributed by atoms with van der Waals surface area (Å²) < 4.78 is 9.85. The third-order valence-electron chi connectivity index (χ3n) is 2.64. The van der Waals surface area contributed by atoms with Crippen molar-refractivity contribution in [2.45, 2.75) is 19.8 Å². The van der Waals surface area contributed by atoms with Crippen LogP contribution in [-0.4, -0.2) is 22.4 Å². The molecule has 0 fully saturated rings. The second-order valence-electron chi connectivity index (χ2n) is 3.41. The zero-order chi connectivity index (χ0) is 11.2. The van der Waals surface area contributed by atoms with Crippen LogP contribution in [0.5, 0.6) is 17.2 Å². The predicted octanol–water partition coefficient (Wildman–Crippen LogP) is 0.936. The van der Waals surface area contributed by atoms with Gasteiger partial charge in [0, 0.05) is 16.7 Å². The summed E-state index contributed by atoms with van der Waals surface area (Å²) in [4.78, 5) is 0. The van der Waals surface area contributed by atoms with E-state index in [9.17, 15) is 15.3 Å². The Morgan fingerprint density at radius 3 is 2.60 bits per heavy atom. The molecular formula is C10H12O5. The number of hydrogen-bond acceptors (Lipinski definition) is 5. The molecule has 0 bridgehead atoms. The van der Waals surface area contributed by atoms with Gasteiger partial charge in [0.1, 0.15) is 0 Å². The molecule has 1 aliphatic rings. The zero-order valence-corrected chi connectivity index (χ0v) is 8.44.